The fourth-order valence-electron chi connectivity index (χ4n) is 1.11. The van der Waals surface area contributed by atoms with Gasteiger partial charge in [0.25, 0.3) is 5.89 Å². The van der Waals surface area contributed by atoms with E-state index in [2.05, 4.69) is 20.2 Å². The SMILES string of the molecule is [N-]=[N+]=NCc1noc(-c2ccccc2)n1. The lowest BCUT2D eigenvalue weighted by Gasteiger charge is -1.89. The van der Waals surface area contributed by atoms with Crippen LogP contribution in [0.15, 0.2) is 40.0 Å². The highest BCUT2D eigenvalue weighted by Crippen LogP contribution is 2.16. The maximum atomic E-state index is 8.12. The van der Waals surface area contributed by atoms with Gasteiger partial charge >= 0.3 is 0 Å². The van der Waals surface area contributed by atoms with Crippen molar-refractivity contribution in [3.8, 4) is 11.5 Å². The summed E-state index contributed by atoms with van der Waals surface area (Å²) in [7, 11) is 0. The predicted octanol–water partition coefficient (Wildman–Crippen LogP) is 2.55. The van der Waals surface area contributed by atoms with E-state index in [4.69, 9.17) is 10.1 Å². The van der Waals surface area contributed by atoms with Crippen molar-refractivity contribution in [1.29, 1.82) is 0 Å². The van der Waals surface area contributed by atoms with Crippen molar-refractivity contribution in [2.45, 2.75) is 6.54 Å². The summed E-state index contributed by atoms with van der Waals surface area (Å²) >= 11 is 0. The van der Waals surface area contributed by atoms with Gasteiger partial charge in [-0.05, 0) is 17.7 Å². The molecular weight excluding hydrogens is 194 g/mol. The van der Waals surface area contributed by atoms with E-state index in [0.29, 0.717) is 11.7 Å². The molecule has 0 atom stereocenters. The standard InChI is InChI=1S/C9H7N5O/c10-14-11-6-8-12-9(15-13-8)7-4-2-1-3-5-7/h1-5H,6H2. The van der Waals surface area contributed by atoms with Gasteiger partial charge in [0.15, 0.2) is 5.82 Å². The van der Waals surface area contributed by atoms with Gasteiger partial charge in [0.1, 0.15) is 0 Å². The highest BCUT2D eigenvalue weighted by atomic mass is 16.5. The molecule has 0 unspecified atom stereocenters. The first-order valence-corrected chi connectivity index (χ1v) is 4.29. The molecule has 0 bridgehead atoms. The van der Waals surface area contributed by atoms with Gasteiger partial charge in [0, 0.05) is 10.5 Å². The molecule has 1 heterocycles. The van der Waals surface area contributed by atoms with Gasteiger partial charge in [0.05, 0.1) is 6.54 Å². The smallest absolute Gasteiger partial charge is 0.257 e. The van der Waals surface area contributed by atoms with Crippen molar-refractivity contribution in [2.75, 3.05) is 0 Å². The van der Waals surface area contributed by atoms with Crippen LogP contribution in [0.3, 0.4) is 0 Å². The molecule has 6 heteroatoms. The molecule has 0 fully saturated rings. The van der Waals surface area contributed by atoms with E-state index >= 15 is 0 Å². The number of hydrogen-bond donors (Lipinski definition) is 0. The van der Waals surface area contributed by atoms with Crippen molar-refractivity contribution in [3.63, 3.8) is 0 Å². The molecular formula is C9H7N5O. The molecule has 74 valence electrons. The molecule has 2 rings (SSSR count). The highest BCUT2D eigenvalue weighted by Gasteiger charge is 2.06. The second kappa shape index (κ2) is 4.26. The molecule has 0 amide bonds. The zero-order valence-corrected chi connectivity index (χ0v) is 7.74. The summed E-state index contributed by atoms with van der Waals surface area (Å²) in [5, 5.41) is 7.02. The van der Waals surface area contributed by atoms with Crippen LogP contribution >= 0.6 is 0 Å². The summed E-state index contributed by atoms with van der Waals surface area (Å²) in [4.78, 5) is 6.69. The summed E-state index contributed by atoms with van der Waals surface area (Å²) < 4.78 is 5.00. The quantitative estimate of drug-likeness (QED) is 0.434. The molecule has 0 radical (unpaired) electrons. The van der Waals surface area contributed by atoms with Crippen LogP contribution in [-0.2, 0) is 6.54 Å². The summed E-state index contributed by atoms with van der Waals surface area (Å²) in [5.41, 5.74) is 8.97. The first-order chi connectivity index (χ1) is 7.40. The van der Waals surface area contributed by atoms with Crippen LogP contribution in [0.5, 0.6) is 0 Å². The first-order valence-electron chi connectivity index (χ1n) is 4.29. The molecule has 0 N–H and O–H groups in total. The number of aromatic nitrogens is 2. The highest BCUT2D eigenvalue weighted by molar-refractivity contribution is 5.51. The van der Waals surface area contributed by atoms with Gasteiger partial charge in [-0.25, -0.2) is 0 Å². The molecule has 0 aliphatic heterocycles. The Morgan fingerprint density at radius 1 is 1.33 bits per heavy atom. The van der Waals surface area contributed by atoms with Crippen molar-refractivity contribution < 1.29 is 4.52 Å². The maximum absolute atomic E-state index is 8.12. The van der Waals surface area contributed by atoms with Gasteiger partial charge < -0.3 is 4.52 Å². The molecule has 1 aromatic heterocycles. The Labute approximate surface area is 85.2 Å². The normalized spacial score (nSPS) is 9.60. The van der Waals surface area contributed by atoms with Crippen LogP contribution in [0.1, 0.15) is 5.82 Å². The minimum Gasteiger partial charge on any atom is -0.334 e. The van der Waals surface area contributed by atoms with Crippen molar-refractivity contribution in [1.82, 2.24) is 10.1 Å². The van der Waals surface area contributed by atoms with Gasteiger partial charge in [-0.1, -0.05) is 28.5 Å². The zero-order chi connectivity index (χ0) is 10.5. The van der Waals surface area contributed by atoms with Crippen LogP contribution in [0.2, 0.25) is 0 Å². The van der Waals surface area contributed by atoms with Gasteiger partial charge in [-0.3, -0.25) is 0 Å². The fraction of sp³-hybridized carbons (Fsp3) is 0.111. The average molecular weight is 201 g/mol. The number of azide groups is 1. The lowest BCUT2D eigenvalue weighted by Crippen LogP contribution is -1.82. The van der Waals surface area contributed by atoms with E-state index in [1.54, 1.807) is 0 Å². The Balaban J connectivity index is 2.24. The van der Waals surface area contributed by atoms with E-state index in [0.717, 1.165) is 5.56 Å². The summed E-state index contributed by atoms with van der Waals surface area (Å²) in [6.07, 6.45) is 0. The second-order valence-electron chi connectivity index (χ2n) is 2.77. The minimum atomic E-state index is 0.104. The minimum absolute atomic E-state index is 0.104. The molecule has 0 aliphatic rings. The van der Waals surface area contributed by atoms with Crippen LogP contribution in [0.4, 0.5) is 0 Å². The number of hydrogen-bond acceptors (Lipinski definition) is 4. The molecule has 1 aromatic carbocycles. The van der Waals surface area contributed by atoms with Gasteiger partial charge in [0.2, 0.25) is 0 Å². The number of benzene rings is 1. The summed E-state index contributed by atoms with van der Waals surface area (Å²) in [5.74, 6) is 0.811. The Kier molecular flexibility index (Phi) is 2.62. The first kappa shape index (κ1) is 9.23. The maximum Gasteiger partial charge on any atom is 0.257 e. The molecule has 0 aliphatic carbocycles. The van der Waals surface area contributed by atoms with Gasteiger partial charge in [-0.2, -0.15) is 4.98 Å². The average Bonchev–Trinajstić information content (AvgIpc) is 2.76. The predicted molar refractivity (Wildman–Crippen MR) is 52.6 cm³/mol. The van der Waals surface area contributed by atoms with E-state index in [-0.39, 0.29) is 6.54 Å². The van der Waals surface area contributed by atoms with Crippen LogP contribution < -0.4 is 0 Å². The van der Waals surface area contributed by atoms with E-state index < -0.39 is 0 Å². The molecule has 0 saturated carbocycles. The Morgan fingerprint density at radius 2 is 2.13 bits per heavy atom. The third-order valence-electron chi connectivity index (χ3n) is 1.76. The van der Waals surface area contributed by atoms with Crippen molar-refractivity contribution in [3.05, 3.63) is 46.6 Å². The number of rotatable bonds is 3. The van der Waals surface area contributed by atoms with Gasteiger partial charge in [-0.15, -0.1) is 0 Å². The number of nitrogens with zero attached hydrogens (tertiary/aromatic N) is 5. The molecule has 15 heavy (non-hydrogen) atoms. The Morgan fingerprint density at radius 3 is 2.87 bits per heavy atom. The van der Waals surface area contributed by atoms with E-state index in [9.17, 15) is 0 Å². The summed E-state index contributed by atoms with van der Waals surface area (Å²) in [6.45, 7) is 0.104. The third kappa shape index (κ3) is 2.12. The Hall–Kier alpha value is -2.33. The monoisotopic (exact) mass is 201 g/mol. The van der Waals surface area contributed by atoms with E-state index in [1.165, 1.54) is 0 Å². The molecule has 6 nitrogen and oxygen atoms in total. The van der Waals surface area contributed by atoms with Crippen LogP contribution in [0, 0.1) is 0 Å². The van der Waals surface area contributed by atoms with Crippen molar-refractivity contribution in [2.24, 2.45) is 5.11 Å². The fourth-order valence-corrected chi connectivity index (χ4v) is 1.11. The lowest BCUT2D eigenvalue weighted by atomic mass is 10.2. The molecule has 2 aromatic rings. The Bertz CT molecular complexity index is 486. The molecule has 0 saturated heterocycles. The third-order valence-corrected chi connectivity index (χ3v) is 1.76. The topological polar surface area (TPSA) is 87.7 Å². The van der Waals surface area contributed by atoms with E-state index in [1.807, 2.05) is 30.3 Å². The zero-order valence-electron chi connectivity index (χ0n) is 7.74. The summed E-state index contributed by atoms with van der Waals surface area (Å²) in [6, 6.07) is 9.40. The molecule has 0 spiro atoms. The van der Waals surface area contributed by atoms with Crippen molar-refractivity contribution >= 4 is 0 Å². The second-order valence-corrected chi connectivity index (χ2v) is 2.77. The lowest BCUT2D eigenvalue weighted by molar-refractivity contribution is 0.423. The van der Waals surface area contributed by atoms with Crippen LogP contribution in [0.25, 0.3) is 21.9 Å². The van der Waals surface area contributed by atoms with Crippen LogP contribution in [-0.4, -0.2) is 10.1 Å². The largest absolute Gasteiger partial charge is 0.334 e.